The first-order valence-electron chi connectivity index (χ1n) is 8.57. The fourth-order valence-corrected chi connectivity index (χ4v) is 3.40. The summed E-state index contributed by atoms with van der Waals surface area (Å²) in [7, 11) is 0. The first kappa shape index (κ1) is 17.0. The average Bonchev–Trinajstić information content (AvgIpc) is 3.06. The van der Waals surface area contributed by atoms with E-state index in [4.69, 9.17) is 9.26 Å². The lowest BCUT2D eigenvalue weighted by Crippen LogP contribution is -2.29. The van der Waals surface area contributed by atoms with Gasteiger partial charge < -0.3 is 19.6 Å². The van der Waals surface area contributed by atoms with Crippen LogP contribution >= 0.6 is 11.8 Å². The summed E-state index contributed by atoms with van der Waals surface area (Å²) in [5.41, 5.74) is 2.57. The first-order valence-corrected chi connectivity index (χ1v) is 9.80. The summed E-state index contributed by atoms with van der Waals surface area (Å²) in [6.07, 6.45) is 5.52. The van der Waals surface area contributed by atoms with Gasteiger partial charge in [-0.3, -0.25) is 4.79 Å². The Balaban J connectivity index is 1.50. The van der Waals surface area contributed by atoms with E-state index in [2.05, 4.69) is 27.6 Å². The molecule has 1 aromatic carbocycles. The molecule has 3 aromatic rings. The molecule has 0 aliphatic heterocycles. The van der Waals surface area contributed by atoms with Crippen molar-refractivity contribution in [1.29, 1.82) is 0 Å². The maximum absolute atomic E-state index is 12.1. The summed E-state index contributed by atoms with van der Waals surface area (Å²) >= 11 is 1.63. The van der Waals surface area contributed by atoms with E-state index >= 15 is 0 Å². The number of carbonyl (C=O) groups excluding carboxylic acids is 1. The van der Waals surface area contributed by atoms with Crippen molar-refractivity contribution < 1.29 is 14.1 Å². The number of nitrogens with one attached hydrogen (secondary N) is 2. The molecule has 1 aliphatic rings. The van der Waals surface area contributed by atoms with Crippen molar-refractivity contribution in [3.05, 3.63) is 41.9 Å². The maximum atomic E-state index is 12.1. The van der Waals surface area contributed by atoms with Crippen molar-refractivity contribution in [1.82, 2.24) is 15.5 Å². The van der Waals surface area contributed by atoms with Crippen LogP contribution in [0.2, 0.25) is 0 Å². The fraction of sp³-hybridized carbons (Fsp3) is 0.368. The summed E-state index contributed by atoms with van der Waals surface area (Å²) < 4.78 is 10.7. The van der Waals surface area contributed by atoms with Gasteiger partial charge >= 0.3 is 0 Å². The monoisotopic (exact) mass is 371 g/mol. The first-order chi connectivity index (χ1) is 12.6. The Hall–Kier alpha value is -2.41. The van der Waals surface area contributed by atoms with Crippen LogP contribution < -0.4 is 10.1 Å². The lowest BCUT2D eigenvalue weighted by atomic mass is 10.1. The van der Waals surface area contributed by atoms with Gasteiger partial charge in [-0.1, -0.05) is 12.1 Å². The summed E-state index contributed by atoms with van der Waals surface area (Å²) in [4.78, 5) is 16.5. The number of hydrogen-bond donors (Lipinski definition) is 2. The third kappa shape index (κ3) is 3.44. The minimum atomic E-state index is -0.153. The van der Waals surface area contributed by atoms with Crippen LogP contribution in [0.5, 0.6) is 5.75 Å². The Morgan fingerprint density at radius 1 is 1.42 bits per heavy atom. The standard InChI is InChI=1S/C19H21N3O3S/c1-19(4-5-19)18(23)20-10-14-7-12-8-17(26-2)16(9-15(12)21-14)24-11-13-3-6-25-22-13/h3,6-9,21H,4-5,10-11H2,1-2H3,(H,20,23). The molecule has 6 nitrogen and oxygen atoms in total. The van der Waals surface area contributed by atoms with Crippen LogP contribution in [0.4, 0.5) is 0 Å². The predicted octanol–water partition coefficient (Wildman–Crippen LogP) is 3.87. The second-order valence-corrected chi connectivity index (χ2v) is 7.76. The molecular weight excluding hydrogens is 350 g/mol. The van der Waals surface area contributed by atoms with Crippen molar-refractivity contribution in [3.8, 4) is 5.75 Å². The molecule has 0 bridgehead atoms. The highest BCUT2D eigenvalue weighted by Crippen LogP contribution is 2.45. The summed E-state index contributed by atoms with van der Waals surface area (Å²) in [6, 6.07) is 7.95. The Morgan fingerprint density at radius 2 is 2.27 bits per heavy atom. The SMILES string of the molecule is CSc1cc2cc(CNC(=O)C3(C)CC3)[nH]c2cc1OCc1ccon1. The van der Waals surface area contributed by atoms with Crippen molar-refractivity contribution in [2.45, 2.75) is 37.8 Å². The van der Waals surface area contributed by atoms with E-state index < -0.39 is 0 Å². The molecule has 4 rings (SSSR count). The molecular formula is C19H21N3O3S. The van der Waals surface area contributed by atoms with Gasteiger partial charge in [-0.05, 0) is 31.2 Å². The van der Waals surface area contributed by atoms with Crippen molar-refractivity contribution >= 4 is 28.6 Å². The molecule has 0 radical (unpaired) electrons. The minimum absolute atomic E-state index is 0.137. The third-order valence-electron chi connectivity index (χ3n) is 4.82. The molecule has 136 valence electrons. The fourth-order valence-electron chi connectivity index (χ4n) is 2.83. The molecule has 7 heteroatoms. The van der Waals surface area contributed by atoms with Crippen LogP contribution in [-0.2, 0) is 17.9 Å². The Kier molecular flexibility index (Phi) is 4.40. The van der Waals surface area contributed by atoms with E-state index in [0.717, 1.165) is 45.8 Å². The summed E-state index contributed by atoms with van der Waals surface area (Å²) in [6.45, 7) is 2.88. The number of aromatic nitrogens is 2. The number of carbonyl (C=O) groups is 1. The zero-order chi connectivity index (χ0) is 18.1. The number of H-pyrrole nitrogens is 1. The predicted molar refractivity (Wildman–Crippen MR) is 100 cm³/mol. The van der Waals surface area contributed by atoms with Crippen LogP contribution in [0, 0.1) is 5.41 Å². The Morgan fingerprint density at radius 3 is 2.96 bits per heavy atom. The molecule has 0 unspecified atom stereocenters. The number of amides is 1. The number of benzene rings is 1. The largest absolute Gasteiger partial charge is 0.486 e. The molecule has 1 fully saturated rings. The van der Waals surface area contributed by atoms with Crippen molar-refractivity contribution in [2.75, 3.05) is 6.26 Å². The molecule has 2 N–H and O–H groups in total. The van der Waals surface area contributed by atoms with Gasteiger partial charge in [0, 0.05) is 39.0 Å². The van der Waals surface area contributed by atoms with Crippen LogP contribution in [0.3, 0.4) is 0 Å². The van der Waals surface area contributed by atoms with Gasteiger partial charge in [0.05, 0.1) is 6.54 Å². The number of fused-ring (bicyclic) bond motifs is 1. The molecule has 0 spiro atoms. The zero-order valence-corrected chi connectivity index (χ0v) is 15.6. The van der Waals surface area contributed by atoms with Gasteiger partial charge in [-0.2, -0.15) is 0 Å². The molecule has 1 saturated carbocycles. The normalized spacial score (nSPS) is 15.2. The lowest BCUT2D eigenvalue weighted by Gasteiger charge is -2.09. The highest BCUT2D eigenvalue weighted by atomic mass is 32.2. The van der Waals surface area contributed by atoms with Crippen LogP contribution in [0.25, 0.3) is 10.9 Å². The van der Waals surface area contributed by atoms with Gasteiger partial charge in [0.15, 0.2) is 0 Å². The van der Waals surface area contributed by atoms with Gasteiger partial charge in [0.25, 0.3) is 0 Å². The molecule has 26 heavy (non-hydrogen) atoms. The zero-order valence-electron chi connectivity index (χ0n) is 14.8. The average molecular weight is 371 g/mol. The molecule has 0 atom stereocenters. The van der Waals surface area contributed by atoms with Crippen LogP contribution in [-0.4, -0.2) is 22.3 Å². The summed E-state index contributed by atoms with van der Waals surface area (Å²) in [5.74, 6) is 0.938. The van der Waals surface area contributed by atoms with Gasteiger partial charge in [-0.25, -0.2) is 0 Å². The van der Waals surface area contributed by atoms with E-state index in [9.17, 15) is 4.79 Å². The Labute approximate surface area is 155 Å². The van der Waals surface area contributed by atoms with E-state index in [1.165, 1.54) is 6.26 Å². The molecule has 1 aliphatic carbocycles. The summed E-state index contributed by atoms with van der Waals surface area (Å²) in [5, 5.41) is 7.99. The minimum Gasteiger partial charge on any atom is -0.486 e. The topological polar surface area (TPSA) is 80.2 Å². The van der Waals surface area contributed by atoms with Crippen LogP contribution in [0.15, 0.2) is 39.9 Å². The van der Waals surface area contributed by atoms with Gasteiger partial charge in [0.2, 0.25) is 5.91 Å². The van der Waals surface area contributed by atoms with E-state index in [1.807, 2.05) is 19.2 Å². The number of aromatic amines is 1. The highest BCUT2D eigenvalue weighted by Gasteiger charge is 2.44. The number of rotatable bonds is 7. The number of hydrogen-bond acceptors (Lipinski definition) is 5. The number of ether oxygens (including phenoxy) is 1. The second-order valence-electron chi connectivity index (χ2n) is 6.91. The lowest BCUT2D eigenvalue weighted by molar-refractivity contribution is -0.125. The van der Waals surface area contributed by atoms with Crippen molar-refractivity contribution in [3.63, 3.8) is 0 Å². The van der Waals surface area contributed by atoms with E-state index in [0.29, 0.717) is 13.2 Å². The number of thioether (sulfide) groups is 1. The van der Waals surface area contributed by atoms with Gasteiger partial charge in [0.1, 0.15) is 24.3 Å². The van der Waals surface area contributed by atoms with E-state index in [-0.39, 0.29) is 11.3 Å². The molecule has 1 amide bonds. The highest BCUT2D eigenvalue weighted by molar-refractivity contribution is 7.98. The molecule has 2 aromatic heterocycles. The van der Waals surface area contributed by atoms with E-state index in [1.54, 1.807) is 17.8 Å². The third-order valence-corrected chi connectivity index (χ3v) is 5.57. The van der Waals surface area contributed by atoms with Crippen LogP contribution in [0.1, 0.15) is 31.2 Å². The smallest absolute Gasteiger partial charge is 0.226 e. The molecule has 2 heterocycles. The second kappa shape index (κ2) is 6.72. The van der Waals surface area contributed by atoms with Gasteiger partial charge in [-0.15, -0.1) is 11.8 Å². The quantitative estimate of drug-likeness (QED) is 0.616. The maximum Gasteiger partial charge on any atom is 0.226 e. The van der Waals surface area contributed by atoms with Crippen molar-refractivity contribution in [2.24, 2.45) is 5.41 Å². The molecule has 0 saturated heterocycles. The number of nitrogens with zero attached hydrogens (tertiary/aromatic N) is 1. The Bertz CT molecular complexity index is 929.